The van der Waals surface area contributed by atoms with Crippen molar-refractivity contribution in [2.24, 2.45) is 0 Å². The molecule has 19 heavy (non-hydrogen) atoms. The molecule has 0 aromatic heterocycles. The van der Waals surface area contributed by atoms with Gasteiger partial charge in [-0.15, -0.1) is 0 Å². The van der Waals surface area contributed by atoms with Gasteiger partial charge in [-0.3, -0.25) is 9.69 Å². The highest BCUT2D eigenvalue weighted by Gasteiger charge is 2.21. The van der Waals surface area contributed by atoms with Crippen LogP contribution in [0.25, 0.3) is 0 Å². The molecule has 0 saturated carbocycles. The normalized spacial score (nSPS) is 18.8. The first-order valence-electron chi connectivity index (χ1n) is 7.04. The minimum Gasteiger partial charge on any atom is -0.380 e. The Bertz CT molecular complexity index is 405. The smallest absolute Gasteiger partial charge is 0.138 e. The van der Waals surface area contributed by atoms with E-state index in [4.69, 9.17) is 4.74 Å². The number of hydrogen-bond acceptors (Lipinski definition) is 3. The number of ketones is 1. The summed E-state index contributed by atoms with van der Waals surface area (Å²) in [5.74, 6) is 0.229. The summed E-state index contributed by atoms with van der Waals surface area (Å²) in [7, 11) is 0. The van der Waals surface area contributed by atoms with Crippen LogP contribution >= 0.6 is 0 Å². The number of benzene rings is 1. The van der Waals surface area contributed by atoms with E-state index in [1.54, 1.807) is 6.92 Å². The Morgan fingerprint density at radius 3 is 2.68 bits per heavy atom. The van der Waals surface area contributed by atoms with Crippen LogP contribution in [-0.2, 0) is 9.53 Å². The van der Waals surface area contributed by atoms with E-state index in [9.17, 15) is 4.79 Å². The van der Waals surface area contributed by atoms with Gasteiger partial charge in [0.2, 0.25) is 0 Å². The van der Waals surface area contributed by atoms with E-state index in [2.05, 4.69) is 36.1 Å². The quantitative estimate of drug-likeness (QED) is 0.833. The first-order valence-corrected chi connectivity index (χ1v) is 7.04. The van der Waals surface area contributed by atoms with Gasteiger partial charge in [0.05, 0.1) is 12.5 Å². The Labute approximate surface area is 115 Å². The van der Waals surface area contributed by atoms with Crippen molar-refractivity contribution < 1.29 is 9.53 Å². The third-order valence-corrected chi connectivity index (χ3v) is 3.73. The minimum atomic E-state index is -0.0151. The van der Waals surface area contributed by atoms with Crippen molar-refractivity contribution in [2.75, 3.05) is 32.8 Å². The van der Waals surface area contributed by atoms with Crippen LogP contribution in [0.2, 0.25) is 0 Å². The molecule has 0 N–H and O–H groups in total. The zero-order valence-corrected chi connectivity index (χ0v) is 11.9. The SMILES string of the molecule is CC(=O)[C@@H](CN1CCCOCC1)c1ccc(C)cc1. The first kappa shape index (κ1) is 14.2. The molecule has 3 heteroatoms. The molecule has 1 aromatic carbocycles. The average Bonchev–Trinajstić information content (AvgIpc) is 2.65. The molecule has 2 rings (SSSR count). The van der Waals surface area contributed by atoms with Crippen LogP contribution in [0.3, 0.4) is 0 Å². The predicted octanol–water partition coefficient (Wildman–Crippen LogP) is 2.39. The Morgan fingerprint density at radius 1 is 1.26 bits per heavy atom. The van der Waals surface area contributed by atoms with Gasteiger partial charge in [-0.2, -0.15) is 0 Å². The lowest BCUT2D eigenvalue weighted by Gasteiger charge is -2.24. The van der Waals surface area contributed by atoms with Crippen molar-refractivity contribution >= 4 is 5.78 Å². The highest BCUT2D eigenvalue weighted by atomic mass is 16.5. The van der Waals surface area contributed by atoms with Gasteiger partial charge in [0.1, 0.15) is 5.78 Å². The average molecular weight is 261 g/mol. The molecule has 1 aliphatic heterocycles. The fraction of sp³-hybridized carbons (Fsp3) is 0.562. The third-order valence-electron chi connectivity index (χ3n) is 3.73. The summed E-state index contributed by atoms with van der Waals surface area (Å²) < 4.78 is 5.46. The molecular weight excluding hydrogens is 238 g/mol. The molecule has 0 spiro atoms. The standard InChI is InChI=1S/C16H23NO2/c1-13-4-6-15(7-5-13)16(14(2)18)12-17-8-3-10-19-11-9-17/h4-7,16H,3,8-12H2,1-2H3/t16-/m1/s1. The second-order valence-electron chi connectivity index (χ2n) is 5.34. The van der Waals surface area contributed by atoms with Crippen molar-refractivity contribution in [2.45, 2.75) is 26.2 Å². The lowest BCUT2D eigenvalue weighted by atomic mass is 9.94. The first-order chi connectivity index (χ1) is 9.16. The summed E-state index contributed by atoms with van der Waals surface area (Å²) in [6.07, 6.45) is 1.05. The highest BCUT2D eigenvalue weighted by molar-refractivity contribution is 5.83. The van der Waals surface area contributed by atoms with E-state index in [0.29, 0.717) is 0 Å². The molecule has 0 radical (unpaired) electrons. The lowest BCUT2D eigenvalue weighted by Crippen LogP contribution is -2.33. The van der Waals surface area contributed by atoms with E-state index < -0.39 is 0 Å². The monoisotopic (exact) mass is 261 g/mol. The van der Waals surface area contributed by atoms with Crippen molar-refractivity contribution in [3.8, 4) is 0 Å². The van der Waals surface area contributed by atoms with Gasteiger partial charge in [0, 0.05) is 26.2 Å². The van der Waals surface area contributed by atoms with Gasteiger partial charge in [0.25, 0.3) is 0 Å². The number of carbonyl (C=O) groups is 1. The fourth-order valence-corrected chi connectivity index (χ4v) is 2.51. The fourth-order valence-electron chi connectivity index (χ4n) is 2.51. The second kappa shape index (κ2) is 6.83. The molecule has 0 aliphatic carbocycles. The van der Waals surface area contributed by atoms with E-state index in [1.165, 1.54) is 5.56 Å². The van der Waals surface area contributed by atoms with Crippen molar-refractivity contribution in [3.63, 3.8) is 0 Å². The molecule has 1 heterocycles. The van der Waals surface area contributed by atoms with Crippen LogP contribution in [0.15, 0.2) is 24.3 Å². The van der Waals surface area contributed by atoms with Gasteiger partial charge >= 0.3 is 0 Å². The molecule has 1 atom stereocenters. The second-order valence-corrected chi connectivity index (χ2v) is 5.34. The van der Waals surface area contributed by atoms with Crippen LogP contribution in [0.1, 0.15) is 30.4 Å². The number of aryl methyl sites for hydroxylation is 1. The molecule has 0 amide bonds. The maximum atomic E-state index is 11.9. The predicted molar refractivity (Wildman–Crippen MR) is 76.5 cm³/mol. The zero-order chi connectivity index (χ0) is 13.7. The molecule has 1 aliphatic rings. The largest absolute Gasteiger partial charge is 0.380 e. The number of nitrogens with zero attached hydrogens (tertiary/aromatic N) is 1. The van der Waals surface area contributed by atoms with Crippen molar-refractivity contribution in [1.82, 2.24) is 4.90 Å². The van der Waals surface area contributed by atoms with Crippen molar-refractivity contribution in [1.29, 1.82) is 0 Å². The van der Waals surface area contributed by atoms with E-state index >= 15 is 0 Å². The molecule has 104 valence electrons. The maximum Gasteiger partial charge on any atom is 0.138 e. The van der Waals surface area contributed by atoms with Gasteiger partial charge in [-0.1, -0.05) is 29.8 Å². The van der Waals surface area contributed by atoms with Crippen LogP contribution in [0, 0.1) is 6.92 Å². The number of carbonyl (C=O) groups excluding carboxylic acids is 1. The molecule has 0 unspecified atom stereocenters. The topological polar surface area (TPSA) is 29.5 Å². The molecular formula is C16H23NO2. The summed E-state index contributed by atoms with van der Waals surface area (Å²) in [5, 5.41) is 0. The summed E-state index contributed by atoms with van der Waals surface area (Å²) in [4.78, 5) is 14.3. The Kier molecular flexibility index (Phi) is 5.11. The van der Waals surface area contributed by atoms with E-state index in [1.807, 2.05) is 0 Å². The number of ether oxygens (including phenoxy) is 1. The molecule has 1 aromatic rings. The molecule has 3 nitrogen and oxygen atoms in total. The number of rotatable bonds is 4. The minimum absolute atomic E-state index is 0.0151. The van der Waals surface area contributed by atoms with Crippen LogP contribution in [-0.4, -0.2) is 43.5 Å². The van der Waals surface area contributed by atoms with Crippen molar-refractivity contribution in [3.05, 3.63) is 35.4 Å². The van der Waals surface area contributed by atoms with Crippen LogP contribution < -0.4 is 0 Å². The number of hydrogen-bond donors (Lipinski definition) is 0. The van der Waals surface area contributed by atoms with Gasteiger partial charge < -0.3 is 4.74 Å². The Balaban J connectivity index is 2.07. The Hall–Kier alpha value is -1.19. The number of Topliss-reactive ketones (excluding diaryl/α,β-unsaturated/α-hetero) is 1. The van der Waals surface area contributed by atoms with Crippen LogP contribution in [0.4, 0.5) is 0 Å². The lowest BCUT2D eigenvalue weighted by molar-refractivity contribution is -0.118. The van der Waals surface area contributed by atoms with Gasteiger partial charge in [-0.25, -0.2) is 0 Å². The Morgan fingerprint density at radius 2 is 2.00 bits per heavy atom. The van der Waals surface area contributed by atoms with Gasteiger partial charge in [0.15, 0.2) is 0 Å². The zero-order valence-electron chi connectivity index (χ0n) is 11.9. The van der Waals surface area contributed by atoms with E-state index in [0.717, 1.165) is 44.8 Å². The summed E-state index contributed by atoms with van der Waals surface area (Å²) in [6, 6.07) is 8.32. The highest BCUT2D eigenvalue weighted by Crippen LogP contribution is 2.19. The van der Waals surface area contributed by atoms with Gasteiger partial charge in [-0.05, 0) is 25.8 Å². The summed E-state index contributed by atoms with van der Waals surface area (Å²) in [5.41, 5.74) is 2.36. The van der Waals surface area contributed by atoms with E-state index in [-0.39, 0.29) is 11.7 Å². The third kappa shape index (κ3) is 4.15. The molecule has 1 fully saturated rings. The maximum absolute atomic E-state index is 11.9. The molecule has 0 bridgehead atoms. The summed E-state index contributed by atoms with van der Waals surface area (Å²) in [6.45, 7) is 8.13. The van der Waals surface area contributed by atoms with Crippen LogP contribution in [0.5, 0.6) is 0 Å². The summed E-state index contributed by atoms with van der Waals surface area (Å²) >= 11 is 0. The molecule has 1 saturated heterocycles.